The molecule has 0 aliphatic heterocycles. The van der Waals surface area contributed by atoms with Gasteiger partial charge in [-0.05, 0) is 18.1 Å². The molecule has 0 fully saturated rings. The number of hydrogen-bond acceptors (Lipinski definition) is 3. The monoisotopic (exact) mass is 311 g/mol. The van der Waals surface area contributed by atoms with Crippen LogP contribution < -0.4 is 5.32 Å². The summed E-state index contributed by atoms with van der Waals surface area (Å²) in [5, 5.41) is 3.27. The van der Waals surface area contributed by atoms with Crippen LogP contribution in [0.1, 0.15) is 18.9 Å². The molecule has 18 heavy (non-hydrogen) atoms. The van der Waals surface area contributed by atoms with E-state index in [1.54, 1.807) is 0 Å². The summed E-state index contributed by atoms with van der Waals surface area (Å²) in [6.07, 6.45) is 2.56. The van der Waals surface area contributed by atoms with Gasteiger partial charge >= 0.3 is 5.97 Å². The molecule has 98 valence electrons. The Morgan fingerprint density at radius 2 is 2.17 bits per heavy atom. The third kappa shape index (κ3) is 4.63. The zero-order chi connectivity index (χ0) is 13.4. The number of benzene rings is 1. The molecule has 0 unspecified atom stereocenters. The summed E-state index contributed by atoms with van der Waals surface area (Å²) in [6.45, 7) is 3.35. The van der Waals surface area contributed by atoms with Crippen LogP contribution in [0.5, 0.6) is 0 Å². The molecule has 0 bridgehead atoms. The summed E-state index contributed by atoms with van der Waals surface area (Å²) in [5.74, 6) is -0.250. The van der Waals surface area contributed by atoms with Gasteiger partial charge in [0, 0.05) is 23.1 Å². The predicted molar refractivity (Wildman–Crippen MR) is 76.2 cm³/mol. The van der Waals surface area contributed by atoms with Gasteiger partial charge in [-0.1, -0.05) is 47.1 Å². The maximum absolute atomic E-state index is 11.3. The second-order valence-corrected chi connectivity index (χ2v) is 4.65. The lowest BCUT2D eigenvalue weighted by Crippen LogP contribution is -2.15. The van der Waals surface area contributed by atoms with E-state index in [4.69, 9.17) is 4.74 Å². The molecule has 1 N–H and O–H groups in total. The lowest BCUT2D eigenvalue weighted by Gasteiger charge is -2.06. The first-order valence-corrected chi connectivity index (χ1v) is 6.69. The molecule has 0 heterocycles. The maximum atomic E-state index is 11.3. The van der Waals surface area contributed by atoms with E-state index < -0.39 is 0 Å². The van der Waals surface area contributed by atoms with Crippen LogP contribution in [0, 0.1) is 0 Å². The second-order valence-electron chi connectivity index (χ2n) is 3.80. The van der Waals surface area contributed by atoms with Crippen LogP contribution in [-0.4, -0.2) is 19.6 Å². The number of carbonyl (C=O) groups excluding carboxylic acids is 1. The summed E-state index contributed by atoms with van der Waals surface area (Å²) < 4.78 is 5.78. The van der Waals surface area contributed by atoms with E-state index in [0.717, 1.165) is 11.0 Å². The standard InChI is InChI=1S/C14H18BrNO2/c1-3-11(14(17)18-2)8-9-16-10-12-6-4-5-7-13(12)15/h4-8,16H,3,9-10H2,1-2H3/b11-8-. The fourth-order valence-corrected chi connectivity index (χ4v) is 1.97. The van der Waals surface area contributed by atoms with Crippen molar-refractivity contribution in [1.82, 2.24) is 5.32 Å². The van der Waals surface area contributed by atoms with Crippen molar-refractivity contribution in [2.24, 2.45) is 0 Å². The van der Waals surface area contributed by atoms with E-state index in [9.17, 15) is 4.79 Å². The Morgan fingerprint density at radius 3 is 2.78 bits per heavy atom. The summed E-state index contributed by atoms with van der Waals surface area (Å²) in [6, 6.07) is 8.06. The minimum atomic E-state index is -0.250. The average molecular weight is 312 g/mol. The van der Waals surface area contributed by atoms with Crippen molar-refractivity contribution in [3.8, 4) is 0 Å². The fraction of sp³-hybridized carbons (Fsp3) is 0.357. The van der Waals surface area contributed by atoms with Gasteiger partial charge in [-0.2, -0.15) is 0 Å². The SMILES string of the molecule is CC/C(=C/CNCc1ccccc1Br)C(=O)OC. The highest BCUT2D eigenvalue weighted by Gasteiger charge is 2.05. The van der Waals surface area contributed by atoms with Crippen LogP contribution in [0.3, 0.4) is 0 Å². The number of methoxy groups -OCH3 is 1. The van der Waals surface area contributed by atoms with Gasteiger partial charge in [0.25, 0.3) is 0 Å². The van der Waals surface area contributed by atoms with E-state index in [2.05, 4.69) is 27.3 Å². The van der Waals surface area contributed by atoms with Gasteiger partial charge in [0.15, 0.2) is 0 Å². The zero-order valence-electron chi connectivity index (χ0n) is 10.7. The molecule has 3 nitrogen and oxygen atoms in total. The molecular weight excluding hydrogens is 294 g/mol. The summed E-state index contributed by atoms with van der Waals surface area (Å²) in [4.78, 5) is 11.3. The summed E-state index contributed by atoms with van der Waals surface area (Å²) >= 11 is 3.50. The number of hydrogen-bond donors (Lipinski definition) is 1. The Bertz CT molecular complexity index is 430. The molecule has 1 rings (SSSR count). The van der Waals surface area contributed by atoms with Crippen molar-refractivity contribution in [3.05, 3.63) is 46.0 Å². The molecule has 0 spiro atoms. The van der Waals surface area contributed by atoms with E-state index >= 15 is 0 Å². The third-order valence-corrected chi connectivity index (χ3v) is 3.37. The van der Waals surface area contributed by atoms with Crippen LogP contribution >= 0.6 is 15.9 Å². The Balaban J connectivity index is 2.45. The maximum Gasteiger partial charge on any atom is 0.333 e. The molecule has 0 radical (unpaired) electrons. The average Bonchev–Trinajstić information content (AvgIpc) is 2.40. The number of ether oxygens (including phenoxy) is 1. The van der Waals surface area contributed by atoms with Gasteiger partial charge in [0.1, 0.15) is 0 Å². The van der Waals surface area contributed by atoms with E-state index in [1.807, 2.05) is 31.2 Å². The van der Waals surface area contributed by atoms with Gasteiger partial charge in [0.2, 0.25) is 0 Å². The second kappa shape index (κ2) is 8.06. The van der Waals surface area contributed by atoms with E-state index in [0.29, 0.717) is 18.5 Å². The number of esters is 1. The van der Waals surface area contributed by atoms with Crippen LogP contribution in [0.15, 0.2) is 40.4 Å². The molecule has 1 aromatic carbocycles. The lowest BCUT2D eigenvalue weighted by atomic mass is 10.2. The first-order chi connectivity index (χ1) is 8.69. The van der Waals surface area contributed by atoms with Gasteiger partial charge in [-0.15, -0.1) is 0 Å². The molecule has 0 aromatic heterocycles. The molecule has 0 saturated carbocycles. The summed E-state index contributed by atoms with van der Waals surface area (Å²) in [5.41, 5.74) is 1.90. The van der Waals surface area contributed by atoms with Gasteiger partial charge in [-0.25, -0.2) is 4.79 Å². The van der Waals surface area contributed by atoms with Crippen LogP contribution in [-0.2, 0) is 16.1 Å². The minimum absolute atomic E-state index is 0.250. The Labute approximate surface area is 116 Å². The Kier molecular flexibility index (Phi) is 6.68. The minimum Gasteiger partial charge on any atom is -0.466 e. The molecule has 0 atom stereocenters. The Hall–Kier alpha value is -1.13. The quantitative estimate of drug-likeness (QED) is 0.498. The number of nitrogens with one attached hydrogen (secondary N) is 1. The summed E-state index contributed by atoms with van der Waals surface area (Å²) in [7, 11) is 1.40. The molecule has 0 aliphatic rings. The highest BCUT2D eigenvalue weighted by molar-refractivity contribution is 9.10. The molecule has 4 heteroatoms. The van der Waals surface area contributed by atoms with Crippen molar-refractivity contribution < 1.29 is 9.53 Å². The number of rotatable bonds is 6. The van der Waals surface area contributed by atoms with Crippen molar-refractivity contribution in [3.63, 3.8) is 0 Å². The van der Waals surface area contributed by atoms with Gasteiger partial charge < -0.3 is 10.1 Å². The fourth-order valence-electron chi connectivity index (χ4n) is 1.55. The predicted octanol–water partition coefficient (Wildman–Crippen LogP) is 3.05. The first kappa shape index (κ1) is 14.9. The smallest absolute Gasteiger partial charge is 0.333 e. The molecule has 0 saturated heterocycles. The largest absolute Gasteiger partial charge is 0.466 e. The molecule has 0 amide bonds. The van der Waals surface area contributed by atoms with Gasteiger partial charge in [-0.3, -0.25) is 0 Å². The van der Waals surface area contributed by atoms with E-state index in [1.165, 1.54) is 12.7 Å². The Morgan fingerprint density at radius 1 is 1.44 bits per heavy atom. The van der Waals surface area contributed by atoms with Crippen molar-refractivity contribution in [2.75, 3.05) is 13.7 Å². The van der Waals surface area contributed by atoms with Gasteiger partial charge in [0.05, 0.1) is 7.11 Å². The first-order valence-electron chi connectivity index (χ1n) is 5.90. The number of carbonyl (C=O) groups is 1. The topological polar surface area (TPSA) is 38.3 Å². The lowest BCUT2D eigenvalue weighted by molar-refractivity contribution is -0.136. The van der Waals surface area contributed by atoms with Crippen molar-refractivity contribution in [2.45, 2.75) is 19.9 Å². The van der Waals surface area contributed by atoms with Crippen molar-refractivity contribution >= 4 is 21.9 Å². The van der Waals surface area contributed by atoms with Crippen LogP contribution in [0.4, 0.5) is 0 Å². The highest BCUT2D eigenvalue weighted by atomic mass is 79.9. The zero-order valence-corrected chi connectivity index (χ0v) is 12.3. The number of halogens is 1. The molecule has 1 aromatic rings. The third-order valence-electron chi connectivity index (χ3n) is 2.59. The molecular formula is C14H18BrNO2. The normalized spacial score (nSPS) is 11.4. The highest BCUT2D eigenvalue weighted by Crippen LogP contribution is 2.15. The van der Waals surface area contributed by atoms with Crippen LogP contribution in [0.2, 0.25) is 0 Å². The van der Waals surface area contributed by atoms with E-state index in [-0.39, 0.29) is 5.97 Å². The van der Waals surface area contributed by atoms with Crippen LogP contribution in [0.25, 0.3) is 0 Å². The van der Waals surface area contributed by atoms with Crippen molar-refractivity contribution in [1.29, 1.82) is 0 Å². The molecule has 0 aliphatic carbocycles.